The summed E-state index contributed by atoms with van der Waals surface area (Å²) in [6.45, 7) is 7.93. The predicted molar refractivity (Wildman–Crippen MR) is 99.8 cm³/mol. The molecule has 2 saturated heterocycles. The standard InChI is InChI=1S/C19H29FN4O/c1-2-21-19(22-10-9-16-6-5-15-25-16)24-13-11-23(12-14-24)18-8-4-3-7-17(18)20/h3-4,7-8,16H,2,5-6,9-15H2,1H3,(H,21,22). The second kappa shape index (κ2) is 9.04. The summed E-state index contributed by atoms with van der Waals surface area (Å²) in [5, 5.41) is 3.39. The fraction of sp³-hybridized carbons (Fsp3) is 0.632. The summed E-state index contributed by atoms with van der Waals surface area (Å²) >= 11 is 0. The first-order valence-corrected chi connectivity index (χ1v) is 9.42. The zero-order valence-corrected chi connectivity index (χ0v) is 15.1. The molecule has 25 heavy (non-hydrogen) atoms. The molecule has 6 heteroatoms. The number of guanidine groups is 1. The fourth-order valence-electron chi connectivity index (χ4n) is 3.48. The highest BCUT2D eigenvalue weighted by Gasteiger charge is 2.21. The van der Waals surface area contributed by atoms with Crippen LogP contribution in [0.5, 0.6) is 0 Å². The van der Waals surface area contributed by atoms with E-state index in [9.17, 15) is 4.39 Å². The van der Waals surface area contributed by atoms with Gasteiger partial charge >= 0.3 is 0 Å². The molecule has 0 spiro atoms. The van der Waals surface area contributed by atoms with Crippen LogP contribution in [-0.2, 0) is 4.74 Å². The van der Waals surface area contributed by atoms with Crippen LogP contribution in [0.1, 0.15) is 26.2 Å². The Hall–Kier alpha value is -1.82. The number of nitrogens with one attached hydrogen (secondary N) is 1. The van der Waals surface area contributed by atoms with Gasteiger partial charge in [0.2, 0.25) is 0 Å². The van der Waals surface area contributed by atoms with E-state index in [1.54, 1.807) is 6.07 Å². The Kier molecular flexibility index (Phi) is 6.50. The van der Waals surface area contributed by atoms with Crippen molar-refractivity contribution in [2.45, 2.75) is 32.3 Å². The predicted octanol–water partition coefficient (Wildman–Crippen LogP) is 2.48. The normalized spacial score (nSPS) is 21.7. The summed E-state index contributed by atoms with van der Waals surface area (Å²) in [7, 11) is 0. The van der Waals surface area contributed by atoms with E-state index in [1.807, 2.05) is 12.1 Å². The number of hydrogen-bond donors (Lipinski definition) is 1. The van der Waals surface area contributed by atoms with Gasteiger partial charge in [0.25, 0.3) is 0 Å². The first-order chi connectivity index (χ1) is 12.3. The van der Waals surface area contributed by atoms with Crippen LogP contribution in [0.15, 0.2) is 29.3 Å². The molecule has 2 heterocycles. The molecule has 0 radical (unpaired) electrons. The fourth-order valence-corrected chi connectivity index (χ4v) is 3.48. The molecule has 0 aliphatic carbocycles. The Labute approximate surface area is 149 Å². The SMILES string of the molecule is CCNC(=NCCC1CCCO1)N1CCN(c2ccccc2F)CC1. The minimum Gasteiger partial charge on any atom is -0.378 e. The van der Waals surface area contributed by atoms with E-state index in [0.29, 0.717) is 11.8 Å². The first kappa shape index (κ1) is 18.0. The molecule has 138 valence electrons. The molecule has 1 aromatic carbocycles. The third-order valence-electron chi connectivity index (χ3n) is 4.84. The number of rotatable bonds is 5. The summed E-state index contributed by atoms with van der Waals surface area (Å²) in [5.41, 5.74) is 0.697. The van der Waals surface area contributed by atoms with E-state index in [0.717, 1.165) is 64.7 Å². The lowest BCUT2D eigenvalue weighted by molar-refractivity contribution is 0.106. The van der Waals surface area contributed by atoms with Gasteiger partial charge < -0.3 is 19.9 Å². The van der Waals surface area contributed by atoms with E-state index in [2.05, 4.69) is 22.0 Å². The Balaban J connectivity index is 1.53. The molecular weight excluding hydrogens is 319 g/mol. The van der Waals surface area contributed by atoms with E-state index in [1.165, 1.54) is 12.5 Å². The smallest absolute Gasteiger partial charge is 0.194 e. The van der Waals surface area contributed by atoms with Crippen molar-refractivity contribution >= 4 is 11.6 Å². The third-order valence-corrected chi connectivity index (χ3v) is 4.84. The number of para-hydroxylation sites is 1. The van der Waals surface area contributed by atoms with Gasteiger partial charge in [-0.2, -0.15) is 0 Å². The summed E-state index contributed by atoms with van der Waals surface area (Å²) in [4.78, 5) is 9.16. The Morgan fingerprint density at radius 3 is 2.76 bits per heavy atom. The van der Waals surface area contributed by atoms with Crippen LogP contribution < -0.4 is 10.2 Å². The third kappa shape index (κ3) is 4.84. The van der Waals surface area contributed by atoms with E-state index in [-0.39, 0.29) is 5.82 Å². The van der Waals surface area contributed by atoms with Gasteiger partial charge in [-0.15, -0.1) is 0 Å². The Bertz CT molecular complexity index is 566. The zero-order chi connectivity index (χ0) is 17.5. The minimum absolute atomic E-state index is 0.145. The van der Waals surface area contributed by atoms with Crippen molar-refractivity contribution in [3.63, 3.8) is 0 Å². The van der Waals surface area contributed by atoms with E-state index in [4.69, 9.17) is 9.73 Å². The second-order valence-corrected chi connectivity index (χ2v) is 6.58. The molecule has 3 rings (SSSR count). The van der Waals surface area contributed by atoms with Crippen molar-refractivity contribution in [3.05, 3.63) is 30.1 Å². The number of halogens is 1. The van der Waals surface area contributed by atoms with Crippen molar-refractivity contribution in [1.29, 1.82) is 0 Å². The van der Waals surface area contributed by atoms with Gasteiger partial charge in [-0.1, -0.05) is 12.1 Å². The number of aliphatic imine (C=N–C) groups is 1. The summed E-state index contributed by atoms with van der Waals surface area (Å²) < 4.78 is 19.6. The number of nitrogens with zero attached hydrogens (tertiary/aromatic N) is 3. The van der Waals surface area contributed by atoms with Crippen molar-refractivity contribution in [3.8, 4) is 0 Å². The highest BCUT2D eigenvalue weighted by Crippen LogP contribution is 2.20. The van der Waals surface area contributed by atoms with Gasteiger partial charge in [0.15, 0.2) is 5.96 Å². The van der Waals surface area contributed by atoms with Crippen molar-refractivity contribution in [1.82, 2.24) is 10.2 Å². The second-order valence-electron chi connectivity index (χ2n) is 6.58. The molecule has 2 fully saturated rings. The van der Waals surface area contributed by atoms with Gasteiger partial charge in [-0.3, -0.25) is 4.99 Å². The molecular formula is C19H29FN4O. The van der Waals surface area contributed by atoms with Crippen LogP contribution in [0.25, 0.3) is 0 Å². The molecule has 2 aliphatic heterocycles. The summed E-state index contributed by atoms with van der Waals surface area (Å²) in [6.07, 6.45) is 3.70. The maximum Gasteiger partial charge on any atom is 0.194 e. The van der Waals surface area contributed by atoms with Crippen LogP contribution in [0.3, 0.4) is 0 Å². The monoisotopic (exact) mass is 348 g/mol. The van der Waals surface area contributed by atoms with Crippen LogP contribution >= 0.6 is 0 Å². The molecule has 0 amide bonds. The average Bonchev–Trinajstić information content (AvgIpc) is 3.15. The molecule has 2 aliphatic rings. The lowest BCUT2D eigenvalue weighted by Crippen LogP contribution is -2.52. The number of anilines is 1. The van der Waals surface area contributed by atoms with Gasteiger partial charge in [-0.05, 0) is 38.3 Å². The van der Waals surface area contributed by atoms with Crippen LogP contribution in [0.4, 0.5) is 10.1 Å². The maximum absolute atomic E-state index is 14.0. The van der Waals surface area contributed by atoms with Crippen LogP contribution in [-0.4, -0.2) is 62.8 Å². The Morgan fingerprint density at radius 1 is 1.28 bits per heavy atom. The van der Waals surface area contributed by atoms with Gasteiger partial charge in [0.1, 0.15) is 5.82 Å². The molecule has 1 atom stereocenters. The molecule has 0 saturated carbocycles. The quantitative estimate of drug-likeness (QED) is 0.656. The minimum atomic E-state index is -0.145. The van der Waals surface area contributed by atoms with Crippen molar-refractivity contribution < 1.29 is 9.13 Å². The highest BCUT2D eigenvalue weighted by atomic mass is 19.1. The first-order valence-electron chi connectivity index (χ1n) is 9.42. The van der Waals surface area contributed by atoms with Gasteiger partial charge in [0, 0.05) is 45.9 Å². The number of benzene rings is 1. The van der Waals surface area contributed by atoms with Gasteiger partial charge in [0.05, 0.1) is 11.8 Å². The van der Waals surface area contributed by atoms with E-state index < -0.39 is 0 Å². The van der Waals surface area contributed by atoms with Crippen LogP contribution in [0, 0.1) is 5.82 Å². The molecule has 0 aromatic heterocycles. The molecule has 1 N–H and O–H groups in total. The average molecular weight is 348 g/mol. The van der Waals surface area contributed by atoms with E-state index >= 15 is 0 Å². The Morgan fingerprint density at radius 2 is 2.08 bits per heavy atom. The topological polar surface area (TPSA) is 40.1 Å². The molecule has 0 bridgehead atoms. The van der Waals surface area contributed by atoms with Crippen molar-refractivity contribution in [2.75, 3.05) is 50.8 Å². The highest BCUT2D eigenvalue weighted by molar-refractivity contribution is 5.80. The zero-order valence-electron chi connectivity index (χ0n) is 15.1. The van der Waals surface area contributed by atoms with Crippen molar-refractivity contribution in [2.24, 2.45) is 4.99 Å². The molecule has 1 aromatic rings. The number of ether oxygens (including phenoxy) is 1. The van der Waals surface area contributed by atoms with Crippen LogP contribution in [0.2, 0.25) is 0 Å². The van der Waals surface area contributed by atoms with Gasteiger partial charge in [-0.25, -0.2) is 4.39 Å². The lowest BCUT2D eigenvalue weighted by atomic mass is 10.2. The summed E-state index contributed by atoms with van der Waals surface area (Å²) in [5.74, 6) is 0.821. The number of hydrogen-bond acceptors (Lipinski definition) is 3. The maximum atomic E-state index is 14.0. The molecule has 1 unspecified atom stereocenters. The molecule has 5 nitrogen and oxygen atoms in total. The number of piperazine rings is 1. The largest absolute Gasteiger partial charge is 0.378 e. The lowest BCUT2D eigenvalue weighted by Gasteiger charge is -2.37. The summed E-state index contributed by atoms with van der Waals surface area (Å²) in [6, 6.07) is 7.00.